The van der Waals surface area contributed by atoms with Crippen molar-refractivity contribution >= 4 is 29.1 Å². The molecule has 0 aliphatic heterocycles. The van der Waals surface area contributed by atoms with E-state index in [1.54, 1.807) is 6.07 Å². The number of amides is 1. The molecule has 0 atom stereocenters. The molecule has 2 nitrogen and oxygen atoms in total. The van der Waals surface area contributed by atoms with E-state index < -0.39 is 0 Å². The molecule has 1 fully saturated rings. The van der Waals surface area contributed by atoms with Gasteiger partial charge in [0, 0.05) is 5.88 Å². The second-order valence-corrected chi connectivity index (χ2v) is 4.95. The van der Waals surface area contributed by atoms with E-state index in [4.69, 9.17) is 23.2 Å². The third-order valence-corrected chi connectivity index (χ3v) is 3.94. The zero-order valence-corrected chi connectivity index (χ0v) is 10.5. The maximum absolute atomic E-state index is 12.0. The van der Waals surface area contributed by atoms with Crippen LogP contribution in [0.15, 0.2) is 18.2 Å². The summed E-state index contributed by atoms with van der Waals surface area (Å²) in [7, 11) is 0. The van der Waals surface area contributed by atoms with Crippen LogP contribution >= 0.6 is 23.2 Å². The Kier molecular flexibility index (Phi) is 3.13. The number of carbonyl (C=O) groups is 1. The molecule has 1 amide bonds. The standard InChI is InChI=1S/C12H13Cl2NO/c1-8-3-2-4-9(10(8)14)11(16)15-12(7-13)5-6-12/h2-4H,5-7H2,1H3,(H,15,16). The number of nitrogens with one attached hydrogen (secondary N) is 1. The van der Waals surface area contributed by atoms with E-state index >= 15 is 0 Å². The van der Waals surface area contributed by atoms with Gasteiger partial charge < -0.3 is 5.32 Å². The van der Waals surface area contributed by atoms with Crippen LogP contribution in [0.25, 0.3) is 0 Å². The summed E-state index contributed by atoms with van der Waals surface area (Å²) in [5.41, 5.74) is 1.24. The second-order valence-electron chi connectivity index (χ2n) is 4.30. The van der Waals surface area contributed by atoms with E-state index in [1.807, 2.05) is 19.1 Å². The first-order valence-electron chi connectivity index (χ1n) is 5.22. The third kappa shape index (κ3) is 2.18. The van der Waals surface area contributed by atoms with Gasteiger partial charge in [0.25, 0.3) is 5.91 Å². The summed E-state index contributed by atoms with van der Waals surface area (Å²) in [6, 6.07) is 5.44. The molecule has 16 heavy (non-hydrogen) atoms. The molecule has 0 unspecified atom stereocenters. The first-order valence-corrected chi connectivity index (χ1v) is 6.13. The molecular formula is C12H13Cl2NO. The van der Waals surface area contributed by atoms with Gasteiger partial charge in [-0.3, -0.25) is 4.79 Å². The molecule has 1 N–H and O–H groups in total. The van der Waals surface area contributed by atoms with Crippen molar-refractivity contribution in [3.8, 4) is 0 Å². The molecule has 4 heteroatoms. The molecule has 0 heterocycles. The molecule has 0 bridgehead atoms. The summed E-state index contributed by atoms with van der Waals surface area (Å²) in [6.07, 6.45) is 1.90. The number of carbonyl (C=O) groups excluding carboxylic acids is 1. The van der Waals surface area contributed by atoms with Crippen molar-refractivity contribution in [1.82, 2.24) is 5.32 Å². The normalized spacial score (nSPS) is 16.9. The van der Waals surface area contributed by atoms with Crippen LogP contribution in [0, 0.1) is 6.92 Å². The summed E-state index contributed by atoms with van der Waals surface area (Å²) in [4.78, 5) is 12.0. The Bertz CT molecular complexity index is 427. The SMILES string of the molecule is Cc1cccc(C(=O)NC2(CCl)CC2)c1Cl. The molecule has 1 aliphatic carbocycles. The van der Waals surface area contributed by atoms with Crippen LogP contribution in [0.2, 0.25) is 5.02 Å². The Morgan fingerprint density at radius 2 is 2.19 bits per heavy atom. The highest BCUT2D eigenvalue weighted by Gasteiger charge is 2.43. The van der Waals surface area contributed by atoms with Crippen molar-refractivity contribution in [2.45, 2.75) is 25.3 Å². The lowest BCUT2D eigenvalue weighted by molar-refractivity contribution is 0.0936. The maximum Gasteiger partial charge on any atom is 0.253 e. The highest BCUT2D eigenvalue weighted by Crippen LogP contribution is 2.37. The number of alkyl halides is 1. The van der Waals surface area contributed by atoms with Gasteiger partial charge in [0.1, 0.15) is 0 Å². The number of benzene rings is 1. The highest BCUT2D eigenvalue weighted by atomic mass is 35.5. The zero-order valence-electron chi connectivity index (χ0n) is 9.02. The van der Waals surface area contributed by atoms with Crippen LogP contribution in [0.1, 0.15) is 28.8 Å². The molecule has 0 radical (unpaired) electrons. The minimum atomic E-state index is -0.189. The molecule has 86 valence electrons. The monoisotopic (exact) mass is 257 g/mol. The average molecular weight is 258 g/mol. The van der Waals surface area contributed by atoms with Crippen molar-refractivity contribution in [1.29, 1.82) is 0 Å². The van der Waals surface area contributed by atoms with Gasteiger partial charge in [-0.05, 0) is 31.4 Å². The van der Waals surface area contributed by atoms with Gasteiger partial charge in [-0.25, -0.2) is 0 Å². The summed E-state index contributed by atoms with van der Waals surface area (Å²) < 4.78 is 0. The van der Waals surface area contributed by atoms with Gasteiger partial charge in [0.05, 0.1) is 16.1 Å². The van der Waals surface area contributed by atoms with Crippen LogP contribution in [-0.2, 0) is 0 Å². The Morgan fingerprint density at radius 1 is 1.50 bits per heavy atom. The fourth-order valence-electron chi connectivity index (χ4n) is 1.57. The van der Waals surface area contributed by atoms with Crippen LogP contribution in [-0.4, -0.2) is 17.3 Å². The smallest absolute Gasteiger partial charge is 0.253 e. The molecule has 1 aromatic carbocycles. The number of halogens is 2. The van der Waals surface area contributed by atoms with Crippen molar-refractivity contribution < 1.29 is 4.79 Å². The van der Waals surface area contributed by atoms with Gasteiger partial charge in [0.15, 0.2) is 0 Å². The van der Waals surface area contributed by atoms with E-state index in [9.17, 15) is 4.79 Å². The quantitative estimate of drug-likeness (QED) is 0.829. The van der Waals surface area contributed by atoms with E-state index in [0.29, 0.717) is 16.5 Å². The van der Waals surface area contributed by atoms with E-state index in [-0.39, 0.29) is 11.4 Å². The van der Waals surface area contributed by atoms with Gasteiger partial charge in [0.2, 0.25) is 0 Å². The minimum Gasteiger partial charge on any atom is -0.345 e. The predicted octanol–water partition coefficient (Wildman–Crippen LogP) is 3.15. The lowest BCUT2D eigenvalue weighted by atomic mass is 10.1. The Balaban J connectivity index is 2.18. The molecule has 1 aromatic rings. The maximum atomic E-state index is 12.0. The fraction of sp³-hybridized carbons (Fsp3) is 0.417. The molecule has 2 rings (SSSR count). The predicted molar refractivity (Wildman–Crippen MR) is 66.3 cm³/mol. The second kappa shape index (κ2) is 4.27. The van der Waals surface area contributed by atoms with Crippen LogP contribution < -0.4 is 5.32 Å². The largest absolute Gasteiger partial charge is 0.345 e. The molecule has 1 saturated carbocycles. The van der Waals surface area contributed by atoms with E-state index in [1.165, 1.54) is 0 Å². The van der Waals surface area contributed by atoms with Gasteiger partial charge in [-0.15, -0.1) is 11.6 Å². The Hall–Kier alpha value is -0.730. The van der Waals surface area contributed by atoms with Crippen LogP contribution in [0.3, 0.4) is 0 Å². The number of hydrogen-bond donors (Lipinski definition) is 1. The number of hydrogen-bond acceptors (Lipinski definition) is 1. The van der Waals surface area contributed by atoms with Crippen LogP contribution in [0.4, 0.5) is 0 Å². The van der Waals surface area contributed by atoms with Gasteiger partial charge in [-0.1, -0.05) is 23.7 Å². The average Bonchev–Trinajstić information content (AvgIpc) is 3.02. The van der Waals surface area contributed by atoms with Gasteiger partial charge in [-0.2, -0.15) is 0 Å². The third-order valence-electron chi connectivity index (χ3n) is 2.92. The van der Waals surface area contributed by atoms with Crippen LogP contribution in [0.5, 0.6) is 0 Å². The number of aryl methyl sites for hydroxylation is 1. The summed E-state index contributed by atoms with van der Waals surface area (Å²) in [6.45, 7) is 1.88. The summed E-state index contributed by atoms with van der Waals surface area (Å²) >= 11 is 11.9. The van der Waals surface area contributed by atoms with Crippen molar-refractivity contribution in [3.63, 3.8) is 0 Å². The molecular weight excluding hydrogens is 245 g/mol. The summed E-state index contributed by atoms with van der Waals surface area (Å²) in [5, 5.41) is 3.46. The van der Waals surface area contributed by atoms with Crippen molar-refractivity contribution in [2.24, 2.45) is 0 Å². The highest BCUT2D eigenvalue weighted by molar-refractivity contribution is 6.34. The first kappa shape index (κ1) is 11.7. The fourth-order valence-corrected chi connectivity index (χ4v) is 2.12. The molecule has 0 saturated heterocycles. The molecule has 0 aromatic heterocycles. The van der Waals surface area contributed by atoms with E-state index in [0.717, 1.165) is 18.4 Å². The van der Waals surface area contributed by atoms with E-state index in [2.05, 4.69) is 5.32 Å². The van der Waals surface area contributed by atoms with Crippen molar-refractivity contribution in [3.05, 3.63) is 34.3 Å². The first-order chi connectivity index (χ1) is 7.58. The van der Waals surface area contributed by atoms with Crippen molar-refractivity contribution in [2.75, 3.05) is 5.88 Å². The lowest BCUT2D eigenvalue weighted by Gasteiger charge is -2.15. The summed E-state index contributed by atoms with van der Waals surface area (Å²) in [5.74, 6) is 0.328. The Morgan fingerprint density at radius 3 is 2.75 bits per heavy atom. The minimum absolute atomic E-state index is 0.133. The lowest BCUT2D eigenvalue weighted by Crippen LogP contribution is -2.38. The Labute approximate surface area is 105 Å². The topological polar surface area (TPSA) is 29.1 Å². The molecule has 0 spiro atoms. The zero-order chi connectivity index (χ0) is 11.8. The van der Waals surface area contributed by atoms with Gasteiger partial charge >= 0.3 is 0 Å². The number of rotatable bonds is 3. The molecule has 1 aliphatic rings.